The number of hydrazine groups is 2. The van der Waals surface area contributed by atoms with E-state index in [1.807, 2.05) is 13.8 Å². The Morgan fingerprint density at radius 1 is 1.22 bits per heavy atom. The molecular weight excluding hydrogens is 308 g/mol. The van der Waals surface area contributed by atoms with Crippen LogP contribution < -0.4 is 0 Å². The second-order valence-corrected chi connectivity index (χ2v) is 4.28. The highest BCUT2D eigenvalue weighted by Crippen LogP contribution is 2.06. The Kier molecular flexibility index (Phi) is 12.0. The van der Waals surface area contributed by atoms with Gasteiger partial charge in [0.2, 0.25) is 17.3 Å². The van der Waals surface area contributed by atoms with E-state index in [-0.39, 0.29) is 6.79 Å². The minimum Gasteiger partial charge on any atom is -0.569 e. The smallest absolute Gasteiger partial charge is 0.238 e. The fourth-order valence-electron chi connectivity index (χ4n) is 1.64. The van der Waals surface area contributed by atoms with E-state index in [0.717, 1.165) is 32.2 Å². The molecule has 1 heterocycles. The molecule has 0 amide bonds. The van der Waals surface area contributed by atoms with E-state index >= 15 is 0 Å². The predicted octanol–water partition coefficient (Wildman–Crippen LogP) is 1.78. The molecule has 0 aromatic heterocycles. The van der Waals surface area contributed by atoms with Crippen LogP contribution in [0.3, 0.4) is 0 Å². The maximum absolute atomic E-state index is 11.0. The molecule has 1 fully saturated rings. The first-order valence-electron chi connectivity index (χ1n) is 7.34. The summed E-state index contributed by atoms with van der Waals surface area (Å²) in [5.74, 6) is 0. The molecule has 0 N–H and O–H groups in total. The van der Waals surface area contributed by atoms with Gasteiger partial charge in [-0.05, 0) is 26.7 Å². The van der Waals surface area contributed by atoms with Crippen molar-refractivity contribution in [3.63, 3.8) is 0 Å². The zero-order chi connectivity index (χ0) is 17.5. The maximum atomic E-state index is 11.0. The van der Waals surface area contributed by atoms with Crippen molar-refractivity contribution in [2.75, 3.05) is 40.1 Å². The second kappa shape index (κ2) is 13.4. The van der Waals surface area contributed by atoms with Crippen molar-refractivity contribution in [1.82, 2.24) is 10.0 Å². The Hall–Kier alpha value is -2.30. The molecule has 1 rings (SSSR count). The van der Waals surface area contributed by atoms with Gasteiger partial charge in [-0.1, -0.05) is 6.58 Å². The van der Waals surface area contributed by atoms with Gasteiger partial charge in [-0.3, -0.25) is 0 Å². The molecule has 0 aromatic carbocycles. The molecule has 0 aromatic rings. The molecule has 0 spiro atoms. The molecule has 0 aliphatic carbocycles. The van der Waals surface area contributed by atoms with Gasteiger partial charge in [0, 0.05) is 7.11 Å². The lowest BCUT2D eigenvalue weighted by Gasteiger charge is -2.12. The fraction of sp³-hybridized carbons (Fsp3) is 0.833. The third kappa shape index (κ3) is 9.34. The Morgan fingerprint density at radius 2 is 1.83 bits per heavy atom. The van der Waals surface area contributed by atoms with Crippen molar-refractivity contribution < 1.29 is 24.4 Å². The van der Waals surface area contributed by atoms with E-state index in [0.29, 0.717) is 23.0 Å². The van der Waals surface area contributed by atoms with Gasteiger partial charge in [0.25, 0.3) is 0 Å². The Labute approximate surface area is 136 Å². The lowest BCUT2D eigenvalue weighted by atomic mass is 10.4. The van der Waals surface area contributed by atoms with Gasteiger partial charge >= 0.3 is 0 Å². The van der Waals surface area contributed by atoms with Crippen molar-refractivity contribution >= 4 is 0 Å². The second-order valence-electron chi connectivity index (χ2n) is 4.28. The Bertz CT molecular complexity index is 369. The summed E-state index contributed by atoms with van der Waals surface area (Å²) in [6, 6.07) is 0. The van der Waals surface area contributed by atoms with E-state index in [1.165, 1.54) is 12.1 Å². The average molecular weight is 334 g/mol. The Balaban J connectivity index is 0.000000422. The number of nitrogens with zero attached hydrogens (tertiary/aromatic N) is 6. The van der Waals surface area contributed by atoms with Crippen molar-refractivity contribution in [2.24, 2.45) is 10.6 Å². The van der Waals surface area contributed by atoms with Crippen molar-refractivity contribution in [1.29, 1.82) is 0 Å². The van der Waals surface area contributed by atoms with Crippen LogP contribution in [0.5, 0.6) is 0 Å². The summed E-state index contributed by atoms with van der Waals surface area (Å²) >= 11 is 0. The SMILES string of the molecule is C=CO/N=[N+](\[O-])N1CCCC1.CCN(CC)/[N+]([O-])=N/OCOC. The van der Waals surface area contributed by atoms with Gasteiger partial charge in [-0.25, -0.2) is 0 Å². The molecule has 1 aliphatic rings. The first-order valence-corrected chi connectivity index (χ1v) is 7.34. The predicted molar refractivity (Wildman–Crippen MR) is 80.1 cm³/mol. The molecule has 11 heteroatoms. The molecule has 0 atom stereocenters. The molecule has 11 nitrogen and oxygen atoms in total. The summed E-state index contributed by atoms with van der Waals surface area (Å²) in [5, 5.41) is 31.4. The van der Waals surface area contributed by atoms with Gasteiger partial charge in [0.15, 0.2) is 0 Å². The number of rotatable bonds is 9. The van der Waals surface area contributed by atoms with Gasteiger partial charge in [-0.15, -0.1) is 10.0 Å². The van der Waals surface area contributed by atoms with Gasteiger partial charge in [0.05, 0.1) is 36.1 Å². The van der Waals surface area contributed by atoms with Crippen LogP contribution in [0.4, 0.5) is 0 Å². The standard InChI is InChI=1S/C6H15N3O3.C6H11N3O2/c1-4-8(5-2)9(10)7-12-6-11-3;1-2-11-7-9(10)8-5-3-4-6-8/h4-6H2,1-3H3;2H,1,3-6H2/b2*9-7-. The van der Waals surface area contributed by atoms with Gasteiger partial charge in [0.1, 0.15) is 6.26 Å². The number of hydrogen-bond donors (Lipinski definition) is 0. The number of methoxy groups -OCH3 is 1. The van der Waals surface area contributed by atoms with Crippen LogP contribution in [0.25, 0.3) is 0 Å². The van der Waals surface area contributed by atoms with Gasteiger partial charge < -0.3 is 24.8 Å². The molecule has 0 saturated carbocycles. The van der Waals surface area contributed by atoms with Crippen molar-refractivity contribution in [3.05, 3.63) is 23.3 Å². The highest BCUT2D eigenvalue weighted by molar-refractivity contribution is 4.55. The third-order valence-corrected chi connectivity index (χ3v) is 2.79. The van der Waals surface area contributed by atoms with E-state index in [1.54, 1.807) is 5.01 Å². The summed E-state index contributed by atoms with van der Waals surface area (Å²) in [5.41, 5.74) is 0. The van der Waals surface area contributed by atoms with Crippen LogP contribution >= 0.6 is 0 Å². The van der Waals surface area contributed by atoms with E-state index in [4.69, 9.17) is 0 Å². The van der Waals surface area contributed by atoms with E-state index in [2.05, 4.69) is 31.5 Å². The average Bonchev–Trinajstić information content (AvgIpc) is 3.09. The molecule has 0 unspecified atom stereocenters. The summed E-state index contributed by atoms with van der Waals surface area (Å²) in [6.07, 6.45) is 3.20. The highest BCUT2D eigenvalue weighted by atomic mass is 16.8. The number of hydrogen-bond acceptors (Lipinski definition) is 7. The van der Waals surface area contributed by atoms with Crippen molar-refractivity contribution in [2.45, 2.75) is 26.7 Å². The van der Waals surface area contributed by atoms with Crippen LogP contribution in [0.2, 0.25) is 0 Å². The topological polar surface area (TPSA) is 111 Å². The monoisotopic (exact) mass is 334 g/mol. The fourth-order valence-corrected chi connectivity index (χ4v) is 1.64. The molecule has 1 saturated heterocycles. The highest BCUT2D eigenvalue weighted by Gasteiger charge is 2.18. The minimum absolute atomic E-state index is 0.0139. The zero-order valence-electron chi connectivity index (χ0n) is 14.0. The van der Waals surface area contributed by atoms with Crippen LogP contribution in [-0.4, -0.2) is 60.0 Å². The van der Waals surface area contributed by atoms with Crippen LogP contribution in [-0.2, 0) is 14.4 Å². The summed E-state index contributed by atoms with van der Waals surface area (Å²) in [7, 11) is 1.46. The van der Waals surface area contributed by atoms with Gasteiger partial charge in [-0.2, -0.15) is 0 Å². The first kappa shape index (κ1) is 20.7. The molecule has 23 heavy (non-hydrogen) atoms. The first-order chi connectivity index (χ1) is 11.1. The Morgan fingerprint density at radius 3 is 2.30 bits per heavy atom. The summed E-state index contributed by atoms with van der Waals surface area (Å²) in [6.45, 7) is 9.68. The van der Waals surface area contributed by atoms with Crippen LogP contribution in [0.15, 0.2) is 23.4 Å². The van der Waals surface area contributed by atoms with Crippen LogP contribution in [0, 0.1) is 10.4 Å². The normalized spacial score (nSPS) is 14.8. The summed E-state index contributed by atoms with van der Waals surface area (Å²) < 4.78 is 4.54. The largest absolute Gasteiger partial charge is 0.569 e. The van der Waals surface area contributed by atoms with E-state index in [9.17, 15) is 10.4 Å². The van der Waals surface area contributed by atoms with E-state index < -0.39 is 0 Å². The lowest BCUT2D eigenvalue weighted by molar-refractivity contribution is -0.710. The molecule has 0 bridgehead atoms. The zero-order valence-corrected chi connectivity index (χ0v) is 14.0. The third-order valence-electron chi connectivity index (χ3n) is 2.79. The van der Waals surface area contributed by atoms with Crippen molar-refractivity contribution in [3.8, 4) is 0 Å². The molecule has 0 radical (unpaired) electrons. The van der Waals surface area contributed by atoms with Crippen LogP contribution in [0.1, 0.15) is 26.7 Å². The molecule has 1 aliphatic heterocycles. The number of ether oxygens (including phenoxy) is 1. The lowest BCUT2D eigenvalue weighted by Crippen LogP contribution is -2.30. The molecular formula is C12H26N6O5. The quantitative estimate of drug-likeness (QED) is 0.158. The maximum Gasteiger partial charge on any atom is 0.238 e. The molecule has 134 valence electrons. The summed E-state index contributed by atoms with van der Waals surface area (Å²) in [4.78, 5) is 9.75. The minimum atomic E-state index is -0.0139.